The number of hydrogen-bond donors (Lipinski definition) is 2. The van der Waals surface area contributed by atoms with Crippen molar-refractivity contribution in [2.45, 2.75) is 23.6 Å². The van der Waals surface area contributed by atoms with Crippen LogP contribution in [0.4, 0.5) is 0 Å². The van der Waals surface area contributed by atoms with E-state index in [0.717, 1.165) is 15.9 Å². The summed E-state index contributed by atoms with van der Waals surface area (Å²) in [6.45, 7) is 2.01. The Bertz CT molecular complexity index is 312. The minimum absolute atomic E-state index is 0.0312. The molecule has 76 valence electrons. The second-order valence-corrected chi connectivity index (χ2v) is 4.92. The van der Waals surface area contributed by atoms with Gasteiger partial charge in [0.15, 0.2) is 0 Å². The molecule has 0 radical (unpaired) electrons. The molecule has 3 N–H and O–H groups in total. The number of hydrogen-bond acceptors (Lipinski definition) is 3. The minimum Gasteiger partial charge on any atom is -0.387 e. The number of thioether (sulfide) groups is 1. The van der Waals surface area contributed by atoms with Gasteiger partial charge in [0.05, 0.1) is 10.3 Å². The lowest BCUT2D eigenvalue weighted by atomic mass is 10.3. The van der Waals surface area contributed by atoms with Gasteiger partial charge in [-0.05, 0) is 34.5 Å². The van der Waals surface area contributed by atoms with Crippen molar-refractivity contribution in [2.75, 3.05) is 0 Å². The highest BCUT2D eigenvalue weighted by Crippen LogP contribution is 2.24. The van der Waals surface area contributed by atoms with Crippen molar-refractivity contribution in [2.24, 2.45) is 5.73 Å². The lowest BCUT2D eigenvalue weighted by Crippen LogP contribution is -2.24. The zero-order valence-corrected chi connectivity index (χ0v) is 10.2. The van der Waals surface area contributed by atoms with E-state index in [9.17, 15) is 0 Å². The zero-order chi connectivity index (χ0) is 10.6. The van der Waals surface area contributed by atoms with Crippen LogP contribution in [0.5, 0.6) is 0 Å². The normalized spacial score (nSPS) is 12.4. The van der Waals surface area contributed by atoms with Crippen LogP contribution in [-0.2, 0) is 0 Å². The van der Waals surface area contributed by atoms with Crippen LogP contribution < -0.4 is 5.73 Å². The smallest absolute Gasteiger partial charge is 0.104 e. The van der Waals surface area contributed by atoms with Crippen LogP contribution in [0.15, 0.2) is 27.8 Å². The van der Waals surface area contributed by atoms with E-state index < -0.39 is 0 Å². The third-order valence-electron chi connectivity index (χ3n) is 1.68. The van der Waals surface area contributed by atoms with E-state index in [0.29, 0.717) is 0 Å². The van der Waals surface area contributed by atoms with Crippen molar-refractivity contribution in [3.05, 3.63) is 22.8 Å². The monoisotopic (exact) mass is 273 g/mol. The maximum Gasteiger partial charge on any atom is 0.104 e. The third kappa shape index (κ3) is 3.31. The van der Waals surface area contributed by atoms with Gasteiger partial charge < -0.3 is 5.73 Å². The number of pyridine rings is 1. The van der Waals surface area contributed by atoms with Crippen molar-refractivity contribution < 1.29 is 0 Å². The first-order chi connectivity index (χ1) is 6.63. The molecule has 0 amide bonds. The number of nitrogens with one attached hydrogen (secondary N) is 1. The van der Waals surface area contributed by atoms with E-state index in [4.69, 9.17) is 11.1 Å². The molecule has 0 aliphatic carbocycles. The number of aromatic nitrogens is 1. The van der Waals surface area contributed by atoms with Crippen LogP contribution in [0.25, 0.3) is 0 Å². The van der Waals surface area contributed by atoms with E-state index in [1.807, 2.05) is 19.1 Å². The Hall–Kier alpha value is -0.550. The van der Waals surface area contributed by atoms with Crippen LogP contribution >= 0.6 is 27.7 Å². The average molecular weight is 274 g/mol. The molecule has 1 atom stereocenters. The minimum atomic E-state index is 0.0312. The first kappa shape index (κ1) is 11.5. The Morgan fingerprint density at radius 1 is 1.71 bits per heavy atom. The molecule has 1 unspecified atom stereocenters. The first-order valence-corrected chi connectivity index (χ1v) is 5.93. The molecule has 1 aromatic rings. The van der Waals surface area contributed by atoms with Crippen LogP contribution in [0, 0.1) is 5.41 Å². The Balaban J connectivity index is 2.67. The highest BCUT2D eigenvalue weighted by atomic mass is 79.9. The van der Waals surface area contributed by atoms with Gasteiger partial charge in [-0.15, -0.1) is 0 Å². The molecule has 0 aliphatic heterocycles. The number of rotatable bonds is 4. The molecule has 1 heterocycles. The van der Waals surface area contributed by atoms with Crippen molar-refractivity contribution in [1.29, 1.82) is 5.41 Å². The molecule has 1 rings (SSSR count). The van der Waals surface area contributed by atoms with Crippen molar-refractivity contribution in [1.82, 2.24) is 4.98 Å². The van der Waals surface area contributed by atoms with E-state index >= 15 is 0 Å². The number of amidine groups is 1. The molecule has 0 fully saturated rings. The van der Waals surface area contributed by atoms with Crippen LogP contribution in [0.2, 0.25) is 0 Å². The van der Waals surface area contributed by atoms with E-state index in [-0.39, 0.29) is 11.1 Å². The second kappa shape index (κ2) is 5.36. The second-order valence-electron chi connectivity index (χ2n) is 2.78. The van der Waals surface area contributed by atoms with Crippen molar-refractivity contribution in [3.8, 4) is 0 Å². The summed E-state index contributed by atoms with van der Waals surface area (Å²) in [4.78, 5) is 4.21. The molecule has 5 heteroatoms. The summed E-state index contributed by atoms with van der Waals surface area (Å²) in [5.41, 5.74) is 5.45. The summed E-state index contributed by atoms with van der Waals surface area (Å²) in [6.07, 6.45) is 2.59. The molecule has 14 heavy (non-hydrogen) atoms. The predicted molar refractivity (Wildman–Crippen MR) is 63.8 cm³/mol. The molecule has 0 saturated heterocycles. The molecule has 0 bridgehead atoms. The van der Waals surface area contributed by atoms with Gasteiger partial charge in [0.1, 0.15) is 5.84 Å². The molecule has 1 aromatic heterocycles. The molecule has 0 saturated carbocycles. The fourth-order valence-corrected chi connectivity index (χ4v) is 2.02. The number of halogens is 1. The van der Waals surface area contributed by atoms with E-state index in [1.165, 1.54) is 11.8 Å². The summed E-state index contributed by atoms with van der Waals surface area (Å²) in [6, 6.07) is 3.85. The lowest BCUT2D eigenvalue weighted by molar-refractivity contribution is 0.983. The van der Waals surface area contributed by atoms with Gasteiger partial charge in [-0.2, -0.15) is 0 Å². The van der Waals surface area contributed by atoms with Gasteiger partial charge in [0, 0.05) is 10.7 Å². The fraction of sp³-hybridized carbons (Fsp3) is 0.333. The largest absolute Gasteiger partial charge is 0.387 e. The topological polar surface area (TPSA) is 62.8 Å². The summed E-state index contributed by atoms with van der Waals surface area (Å²) < 4.78 is 0.956. The van der Waals surface area contributed by atoms with Crippen LogP contribution in [0.3, 0.4) is 0 Å². The third-order valence-corrected chi connectivity index (χ3v) is 3.50. The highest BCUT2D eigenvalue weighted by molar-refractivity contribution is 9.10. The van der Waals surface area contributed by atoms with Crippen LogP contribution in [-0.4, -0.2) is 16.1 Å². The number of nitrogens with zero attached hydrogens (tertiary/aromatic N) is 1. The van der Waals surface area contributed by atoms with Crippen LogP contribution in [0.1, 0.15) is 13.3 Å². The molecule has 0 aromatic carbocycles. The van der Waals surface area contributed by atoms with Gasteiger partial charge >= 0.3 is 0 Å². The SMILES string of the molecule is CCC(Sc1ccc(Br)cn1)C(=N)N. The van der Waals surface area contributed by atoms with E-state index in [2.05, 4.69) is 20.9 Å². The summed E-state index contributed by atoms with van der Waals surface area (Å²) in [5.74, 6) is 0.210. The lowest BCUT2D eigenvalue weighted by Gasteiger charge is -2.11. The first-order valence-electron chi connectivity index (χ1n) is 4.25. The van der Waals surface area contributed by atoms with Gasteiger partial charge in [-0.1, -0.05) is 18.7 Å². The molecular weight excluding hydrogens is 262 g/mol. The van der Waals surface area contributed by atoms with Crippen molar-refractivity contribution in [3.63, 3.8) is 0 Å². The summed E-state index contributed by atoms with van der Waals surface area (Å²) >= 11 is 4.84. The standard InChI is InChI=1S/C9H12BrN3S/c1-2-7(9(11)12)14-8-4-3-6(10)5-13-8/h3-5,7H,2H2,1H3,(H3,11,12). The predicted octanol–water partition coefficient (Wildman–Crippen LogP) is 2.65. The highest BCUT2D eigenvalue weighted by Gasteiger charge is 2.11. The summed E-state index contributed by atoms with van der Waals surface area (Å²) in [7, 11) is 0. The number of nitrogens with two attached hydrogens (primary N) is 1. The zero-order valence-electron chi connectivity index (χ0n) is 7.83. The molecule has 3 nitrogen and oxygen atoms in total. The average Bonchev–Trinajstić information content (AvgIpc) is 2.16. The van der Waals surface area contributed by atoms with Gasteiger partial charge in [0.25, 0.3) is 0 Å². The van der Waals surface area contributed by atoms with Gasteiger partial charge in [-0.25, -0.2) is 4.98 Å². The Morgan fingerprint density at radius 3 is 2.86 bits per heavy atom. The Labute approximate surface area is 96.1 Å². The van der Waals surface area contributed by atoms with Gasteiger partial charge in [0.2, 0.25) is 0 Å². The Morgan fingerprint density at radius 2 is 2.43 bits per heavy atom. The maximum absolute atomic E-state index is 7.36. The maximum atomic E-state index is 7.36. The van der Waals surface area contributed by atoms with Crippen molar-refractivity contribution >= 4 is 33.5 Å². The quantitative estimate of drug-likeness (QED) is 0.504. The molecule has 0 spiro atoms. The molecule has 0 aliphatic rings. The fourth-order valence-electron chi connectivity index (χ4n) is 0.944. The Kier molecular flexibility index (Phi) is 4.41. The molecular formula is C9H12BrN3S. The van der Waals surface area contributed by atoms with E-state index in [1.54, 1.807) is 6.20 Å². The summed E-state index contributed by atoms with van der Waals surface area (Å²) in [5, 5.41) is 8.29. The van der Waals surface area contributed by atoms with Gasteiger partial charge in [-0.3, -0.25) is 5.41 Å².